The fourth-order valence-corrected chi connectivity index (χ4v) is 2.88. The van der Waals surface area contributed by atoms with Crippen LogP contribution in [0.25, 0.3) is 0 Å². The molecule has 0 bridgehead atoms. The molecule has 0 saturated heterocycles. The highest BCUT2D eigenvalue weighted by molar-refractivity contribution is 7.92. The predicted octanol–water partition coefficient (Wildman–Crippen LogP) is 1.85. The lowest BCUT2D eigenvalue weighted by Gasteiger charge is -2.09. The van der Waals surface area contributed by atoms with Crippen molar-refractivity contribution in [3.63, 3.8) is 0 Å². The monoisotopic (exact) mass is 280 g/mol. The molecule has 0 amide bonds. The minimum absolute atomic E-state index is 0.140. The fraction of sp³-hybridized carbons (Fsp3) is 0.429. The quantitative estimate of drug-likeness (QED) is 0.808. The lowest BCUT2D eigenvalue weighted by atomic mass is 10.1. The number of hydrogen-bond acceptors (Lipinski definition) is 3. The first-order chi connectivity index (χ1) is 8.96. The Morgan fingerprint density at radius 1 is 1.32 bits per heavy atom. The van der Waals surface area contributed by atoms with Gasteiger partial charge in [0.15, 0.2) is 0 Å². The first-order valence-electron chi connectivity index (χ1n) is 6.28. The van der Waals surface area contributed by atoms with E-state index in [4.69, 9.17) is 5.73 Å². The zero-order valence-electron chi connectivity index (χ0n) is 11.4. The third kappa shape index (κ3) is 5.77. The van der Waals surface area contributed by atoms with Gasteiger partial charge in [-0.15, -0.1) is 0 Å². The van der Waals surface area contributed by atoms with E-state index in [9.17, 15) is 8.42 Å². The molecular formula is C14H20N2O2S. The van der Waals surface area contributed by atoms with Gasteiger partial charge in [-0.05, 0) is 37.1 Å². The summed E-state index contributed by atoms with van der Waals surface area (Å²) < 4.78 is 26.2. The van der Waals surface area contributed by atoms with Crippen LogP contribution in [0.1, 0.15) is 30.9 Å². The molecule has 0 aliphatic rings. The average Bonchev–Trinajstić information content (AvgIpc) is 2.32. The van der Waals surface area contributed by atoms with Gasteiger partial charge in [0.2, 0.25) is 10.0 Å². The maximum Gasteiger partial charge on any atom is 0.232 e. The molecule has 1 rings (SSSR count). The summed E-state index contributed by atoms with van der Waals surface area (Å²) in [5, 5.41) is 0. The zero-order chi connectivity index (χ0) is 14.3. The molecule has 19 heavy (non-hydrogen) atoms. The minimum Gasteiger partial charge on any atom is -0.320 e. The van der Waals surface area contributed by atoms with Gasteiger partial charge in [-0.3, -0.25) is 4.72 Å². The molecule has 3 N–H and O–H groups in total. The average molecular weight is 280 g/mol. The van der Waals surface area contributed by atoms with Crippen molar-refractivity contribution in [1.82, 2.24) is 0 Å². The summed E-state index contributed by atoms with van der Waals surface area (Å²) in [6, 6.07) is 5.41. The zero-order valence-corrected chi connectivity index (χ0v) is 12.2. The highest BCUT2D eigenvalue weighted by Gasteiger charge is 2.10. The van der Waals surface area contributed by atoms with E-state index >= 15 is 0 Å². The van der Waals surface area contributed by atoms with Crippen molar-refractivity contribution in [3.8, 4) is 11.8 Å². The first-order valence-corrected chi connectivity index (χ1v) is 7.93. The molecule has 0 aliphatic heterocycles. The highest BCUT2D eigenvalue weighted by atomic mass is 32.2. The number of anilines is 1. The van der Waals surface area contributed by atoms with Gasteiger partial charge >= 0.3 is 0 Å². The van der Waals surface area contributed by atoms with Gasteiger partial charge in [-0.2, -0.15) is 0 Å². The van der Waals surface area contributed by atoms with Crippen molar-refractivity contribution in [2.24, 2.45) is 5.73 Å². The number of sulfonamides is 1. The van der Waals surface area contributed by atoms with Crippen molar-refractivity contribution in [2.45, 2.75) is 26.7 Å². The third-order valence-corrected chi connectivity index (χ3v) is 3.82. The van der Waals surface area contributed by atoms with Crippen molar-refractivity contribution >= 4 is 15.7 Å². The molecule has 4 nitrogen and oxygen atoms in total. The highest BCUT2D eigenvalue weighted by Crippen LogP contribution is 2.15. The van der Waals surface area contributed by atoms with E-state index in [2.05, 4.69) is 16.6 Å². The van der Waals surface area contributed by atoms with Crippen LogP contribution in [0.5, 0.6) is 0 Å². The molecule has 0 radical (unpaired) electrons. The van der Waals surface area contributed by atoms with Crippen LogP contribution in [-0.2, 0) is 10.0 Å². The Hall–Kier alpha value is -1.51. The van der Waals surface area contributed by atoms with Gasteiger partial charge in [0.1, 0.15) is 0 Å². The number of benzene rings is 1. The maximum absolute atomic E-state index is 11.8. The van der Waals surface area contributed by atoms with Crippen LogP contribution in [0.2, 0.25) is 0 Å². The Kier molecular flexibility index (Phi) is 5.87. The normalized spacial score (nSPS) is 10.7. The van der Waals surface area contributed by atoms with Crippen LogP contribution in [0.4, 0.5) is 5.69 Å². The molecule has 1 aromatic rings. The van der Waals surface area contributed by atoms with E-state index in [0.29, 0.717) is 12.1 Å². The van der Waals surface area contributed by atoms with E-state index in [1.54, 1.807) is 12.1 Å². The molecule has 5 heteroatoms. The van der Waals surface area contributed by atoms with Gasteiger partial charge < -0.3 is 5.73 Å². The third-order valence-electron chi connectivity index (χ3n) is 2.45. The van der Waals surface area contributed by atoms with Crippen LogP contribution in [0.3, 0.4) is 0 Å². The number of nitrogens with one attached hydrogen (secondary N) is 1. The van der Waals surface area contributed by atoms with Crippen LogP contribution < -0.4 is 10.5 Å². The van der Waals surface area contributed by atoms with E-state index in [0.717, 1.165) is 17.5 Å². The SMILES string of the molecule is CCCCS(=O)(=O)Nc1cc(C)cc(C#CCN)c1. The maximum atomic E-state index is 11.8. The van der Waals surface area contributed by atoms with E-state index in [1.165, 1.54) is 0 Å². The molecule has 0 unspecified atom stereocenters. The van der Waals surface area contributed by atoms with Crippen molar-refractivity contribution in [2.75, 3.05) is 17.0 Å². The Bertz CT molecular complexity index is 583. The summed E-state index contributed by atoms with van der Waals surface area (Å²) in [6.45, 7) is 4.14. The molecule has 104 valence electrons. The molecule has 0 fully saturated rings. The molecule has 0 aromatic heterocycles. The lowest BCUT2D eigenvalue weighted by Crippen LogP contribution is -2.16. The van der Waals surface area contributed by atoms with Crippen molar-refractivity contribution in [1.29, 1.82) is 0 Å². The predicted molar refractivity (Wildman–Crippen MR) is 79.4 cm³/mol. The molecule has 0 spiro atoms. The largest absolute Gasteiger partial charge is 0.320 e. The Balaban J connectivity index is 2.92. The standard InChI is InChI=1S/C14H20N2O2S/c1-3-4-8-19(17,18)16-14-10-12(2)9-13(11-14)6-5-7-15/h9-11,16H,3-4,7-8,15H2,1-2H3. The molecule has 0 atom stereocenters. The van der Waals surface area contributed by atoms with Crippen LogP contribution >= 0.6 is 0 Å². The summed E-state index contributed by atoms with van der Waals surface area (Å²) in [5.74, 6) is 5.80. The summed E-state index contributed by atoms with van der Waals surface area (Å²) in [7, 11) is -3.27. The van der Waals surface area contributed by atoms with Crippen molar-refractivity contribution < 1.29 is 8.42 Å². The van der Waals surface area contributed by atoms with Gasteiger partial charge in [0.25, 0.3) is 0 Å². The van der Waals surface area contributed by atoms with Crippen LogP contribution in [-0.4, -0.2) is 20.7 Å². The fourth-order valence-electron chi connectivity index (χ4n) is 1.63. The van der Waals surface area contributed by atoms with E-state index in [1.807, 2.05) is 19.9 Å². The van der Waals surface area contributed by atoms with Gasteiger partial charge in [-0.1, -0.05) is 25.2 Å². The second-order valence-corrected chi connectivity index (χ2v) is 6.21. The number of hydrogen-bond donors (Lipinski definition) is 2. The Morgan fingerprint density at radius 3 is 2.68 bits per heavy atom. The minimum atomic E-state index is -3.27. The van der Waals surface area contributed by atoms with Gasteiger partial charge in [0, 0.05) is 11.3 Å². The summed E-state index contributed by atoms with van der Waals surface area (Å²) in [5.41, 5.74) is 7.60. The second-order valence-electron chi connectivity index (χ2n) is 4.37. The Labute approximate surface area is 115 Å². The number of unbranched alkanes of at least 4 members (excludes halogenated alkanes) is 1. The van der Waals surface area contributed by atoms with Gasteiger partial charge in [0.05, 0.1) is 12.3 Å². The summed E-state index contributed by atoms with van der Waals surface area (Å²) >= 11 is 0. The number of nitrogens with two attached hydrogens (primary N) is 1. The van der Waals surface area contributed by atoms with E-state index in [-0.39, 0.29) is 12.3 Å². The lowest BCUT2D eigenvalue weighted by molar-refractivity contribution is 0.598. The molecular weight excluding hydrogens is 260 g/mol. The van der Waals surface area contributed by atoms with Gasteiger partial charge in [-0.25, -0.2) is 8.42 Å². The molecule has 1 aromatic carbocycles. The first kappa shape index (κ1) is 15.5. The summed E-state index contributed by atoms with van der Waals surface area (Å²) in [6.07, 6.45) is 1.50. The summed E-state index contributed by atoms with van der Waals surface area (Å²) in [4.78, 5) is 0. The smallest absolute Gasteiger partial charge is 0.232 e. The van der Waals surface area contributed by atoms with Crippen molar-refractivity contribution in [3.05, 3.63) is 29.3 Å². The molecule has 0 heterocycles. The second kappa shape index (κ2) is 7.17. The number of rotatable bonds is 5. The van der Waals surface area contributed by atoms with Crippen LogP contribution in [0.15, 0.2) is 18.2 Å². The topological polar surface area (TPSA) is 72.2 Å². The van der Waals surface area contributed by atoms with Crippen LogP contribution in [0, 0.1) is 18.8 Å². The molecule has 0 aliphatic carbocycles. The number of aryl methyl sites for hydroxylation is 1. The Morgan fingerprint density at radius 2 is 2.05 bits per heavy atom. The van der Waals surface area contributed by atoms with E-state index < -0.39 is 10.0 Å². The molecule has 0 saturated carbocycles.